The summed E-state index contributed by atoms with van der Waals surface area (Å²) in [4.78, 5) is 0. The highest BCUT2D eigenvalue weighted by molar-refractivity contribution is 7.99. The normalized spacial score (nSPS) is 10.7. The van der Waals surface area contributed by atoms with E-state index in [2.05, 4.69) is 34.5 Å². The minimum atomic E-state index is 0.504. The zero-order valence-corrected chi connectivity index (χ0v) is 14.5. The predicted molar refractivity (Wildman–Crippen MR) is 96.4 cm³/mol. The van der Waals surface area contributed by atoms with Gasteiger partial charge in [0.15, 0.2) is 0 Å². The van der Waals surface area contributed by atoms with E-state index in [-0.39, 0.29) is 0 Å². The van der Waals surface area contributed by atoms with Crippen molar-refractivity contribution in [3.8, 4) is 17.2 Å². The molecule has 0 N–H and O–H groups in total. The maximum atomic E-state index is 5.77. The minimum absolute atomic E-state index is 0.504. The van der Waals surface area contributed by atoms with Gasteiger partial charge in [0.05, 0.1) is 12.2 Å². The van der Waals surface area contributed by atoms with Gasteiger partial charge in [-0.3, -0.25) is 0 Å². The summed E-state index contributed by atoms with van der Waals surface area (Å²) in [5.41, 5.74) is 2.19. The van der Waals surface area contributed by atoms with Crippen LogP contribution in [0.4, 0.5) is 0 Å². The molecule has 0 aliphatic carbocycles. The second-order valence-corrected chi connectivity index (χ2v) is 6.29. The molecule has 1 aromatic heterocycles. The number of aryl methyl sites for hydroxylation is 1. The lowest BCUT2D eigenvalue weighted by atomic mass is 10.1. The first-order chi connectivity index (χ1) is 11.9. The van der Waals surface area contributed by atoms with Crippen LogP contribution in [0.1, 0.15) is 18.9 Å². The van der Waals surface area contributed by atoms with Gasteiger partial charge in [-0.2, -0.15) is 0 Å². The van der Waals surface area contributed by atoms with Crippen LogP contribution in [0.2, 0.25) is 0 Å². The van der Waals surface area contributed by atoms with E-state index >= 15 is 0 Å². The Morgan fingerprint density at radius 2 is 1.79 bits per heavy atom. The molecule has 0 radical (unpaired) electrons. The quantitative estimate of drug-likeness (QED) is 0.433. The van der Waals surface area contributed by atoms with E-state index in [0.29, 0.717) is 17.7 Å². The number of aromatic nitrogens is 2. The molecule has 0 saturated carbocycles. The lowest BCUT2D eigenvalue weighted by Gasteiger charge is -2.06. The Morgan fingerprint density at radius 3 is 2.62 bits per heavy atom. The molecule has 124 valence electrons. The number of benzene rings is 2. The second kappa shape index (κ2) is 8.55. The Bertz CT molecular complexity index is 759. The van der Waals surface area contributed by atoms with E-state index in [0.717, 1.165) is 29.9 Å². The highest BCUT2D eigenvalue weighted by Gasteiger charge is 2.13. The fraction of sp³-hybridized carbons (Fsp3) is 0.263. The highest BCUT2D eigenvalue weighted by Crippen LogP contribution is 2.30. The van der Waals surface area contributed by atoms with E-state index in [1.807, 2.05) is 37.3 Å². The molecule has 3 aromatic rings. The predicted octanol–water partition coefficient (Wildman–Crippen LogP) is 4.86. The van der Waals surface area contributed by atoms with Crippen LogP contribution in [0.5, 0.6) is 5.75 Å². The lowest BCUT2D eigenvalue weighted by Crippen LogP contribution is -1.93. The average Bonchev–Trinajstić information content (AvgIpc) is 3.09. The summed E-state index contributed by atoms with van der Waals surface area (Å²) in [7, 11) is 0. The van der Waals surface area contributed by atoms with Crippen molar-refractivity contribution in [1.29, 1.82) is 0 Å². The molecule has 0 aliphatic heterocycles. The Balaban J connectivity index is 1.56. The Kier molecular flexibility index (Phi) is 5.90. The first-order valence-corrected chi connectivity index (χ1v) is 9.08. The first kappa shape index (κ1) is 16.6. The number of nitrogens with zero attached hydrogens (tertiary/aromatic N) is 2. The average molecular weight is 340 g/mol. The van der Waals surface area contributed by atoms with Crippen LogP contribution in [0.25, 0.3) is 11.5 Å². The van der Waals surface area contributed by atoms with Crippen LogP contribution in [-0.4, -0.2) is 22.6 Å². The molecular formula is C19H20N2O2S. The summed E-state index contributed by atoms with van der Waals surface area (Å²) in [6, 6.07) is 18.2. The maximum Gasteiger partial charge on any atom is 0.276 e. The molecule has 0 spiro atoms. The van der Waals surface area contributed by atoms with Crippen LogP contribution in [-0.2, 0) is 6.42 Å². The maximum absolute atomic E-state index is 5.77. The summed E-state index contributed by atoms with van der Waals surface area (Å²) >= 11 is 1.59. The van der Waals surface area contributed by atoms with Crippen LogP contribution >= 0.6 is 11.8 Å². The first-order valence-electron chi connectivity index (χ1n) is 8.09. The van der Waals surface area contributed by atoms with Crippen molar-refractivity contribution < 1.29 is 9.15 Å². The van der Waals surface area contributed by atoms with Crippen LogP contribution in [0, 0.1) is 0 Å². The molecule has 1 heterocycles. The molecular weight excluding hydrogens is 320 g/mol. The van der Waals surface area contributed by atoms with Gasteiger partial charge in [0.25, 0.3) is 11.1 Å². The van der Waals surface area contributed by atoms with Crippen LogP contribution < -0.4 is 4.74 Å². The SMILES string of the molecule is CCOc1ccccc1-c1nnc(SCCCc2ccccc2)o1. The largest absolute Gasteiger partial charge is 0.493 e. The third-order valence-corrected chi connectivity index (χ3v) is 4.41. The van der Waals surface area contributed by atoms with E-state index < -0.39 is 0 Å². The fourth-order valence-electron chi connectivity index (χ4n) is 2.38. The molecule has 2 aromatic carbocycles. The minimum Gasteiger partial charge on any atom is -0.493 e. The van der Waals surface area contributed by atoms with Crippen LogP contribution in [0.15, 0.2) is 64.2 Å². The van der Waals surface area contributed by atoms with Crippen molar-refractivity contribution in [1.82, 2.24) is 10.2 Å². The van der Waals surface area contributed by atoms with Gasteiger partial charge in [0, 0.05) is 5.75 Å². The summed E-state index contributed by atoms with van der Waals surface area (Å²) in [6.45, 7) is 2.56. The number of para-hydroxylation sites is 1. The zero-order valence-electron chi connectivity index (χ0n) is 13.6. The number of thioether (sulfide) groups is 1. The van der Waals surface area contributed by atoms with Gasteiger partial charge in [-0.1, -0.05) is 54.2 Å². The molecule has 0 bridgehead atoms. The molecule has 0 fully saturated rings. The van der Waals surface area contributed by atoms with Gasteiger partial charge in [-0.15, -0.1) is 10.2 Å². The molecule has 24 heavy (non-hydrogen) atoms. The summed E-state index contributed by atoms with van der Waals surface area (Å²) in [5.74, 6) is 2.22. The van der Waals surface area contributed by atoms with Crippen molar-refractivity contribution in [2.24, 2.45) is 0 Å². The molecule has 4 nitrogen and oxygen atoms in total. The molecule has 0 aliphatic rings. The third kappa shape index (κ3) is 4.38. The van der Waals surface area contributed by atoms with E-state index in [1.165, 1.54) is 5.56 Å². The van der Waals surface area contributed by atoms with Gasteiger partial charge in [0.1, 0.15) is 5.75 Å². The Hall–Kier alpha value is -2.27. The highest BCUT2D eigenvalue weighted by atomic mass is 32.2. The van der Waals surface area contributed by atoms with Gasteiger partial charge in [-0.05, 0) is 37.5 Å². The summed E-state index contributed by atoms with van der Waals surface area (Å²) in [5, 5.41) is 8.88. The Morgan fingerprint density at radius 1 is 1.00 bits per heavy atom. The summed E-state index contributed by atoms with van der Waals surface area (Å²) < 4.78 is 11.4. The van der Waals surface area contributed by atoms with Crippen molar-refractivity contribution in [2.45, 2.75) is 25.0 Å². The van der Waals surface area contributed by atoms with Gasteiger partial charge in [0.2, 0.25) is 0 Å². The van der Waals surface area contributed by atoms with Gasteiger partial charge < -0.3 is 9.15 Å². The monoisotopic (exact) mass is 340 g/mol. The number of rotatable bonds is 8. The standard InChI is InChI=1S/C19H20N2O2S/c1-2-22-17-13-7-6-12-16(17)18-20-21-19(23-18)24-14-8-11-15-9-4-3-5-10-15/h3-7,9-10,12-13H,2,8,11,14H2,1H3. The molecule has 0 amide bonds. The number of hydrogen-bond acceptors (Lipinski definition) is 5. The molecule has 5 heteroatoms. The van der Waals surface area contributed by atoms with E-state index in [4.69, 9.17) is 9.15 Å². The number of hydrogen-bond donors (Lipinski definition) is 0. The summed E-state index contributed by atoms with van der Waals surface area (Å²) in [6.07, 6.45) is 2.13. The van der Waals surface area contributed by atoms with Crippen molar-refractivity contribution in [3.63, 3.8) is 0 Å². The fourth-order valence-corrected chi connectivity index (χ4v) is 3.08. The smallest absolute Gasteiger partial charge is 0.276 e. The third-order valence-electron chi connectivity index (χ3n) is 3.50. The van der Waals surface area contributed by atoms with E-state index in [1.54, 1.807) is 11.8 Å². The molecule has 3 rings (SSSR count). The second-order valence-electron chi connectivity index (χ2n) is 5.24. The Labute approximate surface area is 146 Å². The molecule has 0 atom stereocenters. The molecule has 0 saturated heterocycles. The van der Waals surface area contributed by atoms with Crippen LogP contribution in [0.3, 0.4) is 0 Å². The van der Waals surface area contributed by atoms with Crippen molar-refractivity contribution in [3.05, 3.63) is 60.2 Å². The van der Waals surface area contributed by atoms with Crippen molar-refractivity contribution >= 4 is 11.8 Å². The topological polar surface area (TPSA) is 48.2 Å². The lowest BCUT2D eigenvalue weighted by molar-refractivity contribution is 0.340. The number of ether oxygens (including phenoxy) is 1. The van der Waals surface area contributed by atoms with Gasteiger partial charge in [-0.25, -0.2) is 0 Å². The zero-order chi connectivity index (χ0) is 16.6. The molecule has 0 unspecified atom stereocenters. The van der Waals surface area contributed by atoms with Gasteiger partial charge >= 0.3 is 0 Å². The van der Waals surface area contributed by atoms with Crippen molar-refractivity contribution in [2.75, 3.05) is 12.4 Å². The van der Waals surface area contributed by atoms with E-state index in [9.17, 15) is 0 Å².